The highest BCUT2D eigenvalue weighted by Gasteiger charge is 2.04. The molecule has 0 aliphatic heterocycles. The third-order valence-electron chi connectivity index (χ3n) is 2.49. The number of aromatic nitrogens is 1. The van der Waals surface area contributed by atoms with Gasteiger partial charge in [0, 0.05) is 12.3 Å². The Morgan fingerprint density at radius 3 is 2.68 bits per heavy atom. The van der Waals surface area contributed by atoms with Gasteiger partial charge in [-0.15, -0.1) is 0 Å². The maximum Gasteiger partial charge on any atom is 0.144 e. The summed E-state index contributed by atoms with van der Waals surface area (Å²) in [7, 11) is 1.63. The minimum atomic E-state index is 0.327. The molecule has 0 radical (unpaired) electrons. The fraction of sp³-hybridized carbons (Fsp3) is 0.143. The number of nitriles is 1. The third-order valence-corrected chi connectivity index (χ3v) is 3.08. The lowest BCUT2D eigenvalue weighted by Crippen LogP contribution is -1.97. The van der Waals surface area contributed by atoms with Gasteiger partial charge in [-0.3, -0.25) is 0 Å². The van der Waals surface area contributed by atoms with Crippen molar-refractivity contribution in [2.75, 3.05) is 7.11 Å². The highest BCUT2D eigenvalue weighted by Crippen LogP contribution is 2.25. The number of nitrogens with zero attached hydrogens (tertiary/aromatic N) is 2. The van der Waals surface area contributed by atoms with Crippen molar-refractivity contribution in [1.82, 2.24) is 4.98 Å². The van der Waals surface area contributed by atoms with Crippen LogP contribution in [0.3, 0.4) is 0 Å². The molecule has 0 spiro atoms. The predicted octanol–water partition coefficient (Wildman–Crippen LogP) is 3.30. The van der Waals surface area contributed by atoms with Gasteiger partial charge in [-0.05, 0) is 33.6 Å². The first kappa shape index (κ1) is 13.4. The molecule has 0 aliphatic carbocycles. The molecule has 0 N–H and O–H groups in total. The lowest BCUT2D eigenvalue weighted by atomic mass is 10.2. The van der Waals surface area contributed by atoms with Crippen molar-refractivity contribution in [3.63, 3.8) is 0 Å². The Morgan fingerprint density at radius 1 is 1.32 bits per heavy atom. The van der Waals surface area contributed by atoms with Crippen molar-refractivity contribution in [2.45, 2.75) is 6.61 Å². The zero-order valence-electron chi connectivity index (χ0n) is 10.3. The molecule has 0 saturated carbocycles. The normalized spacial score (nSPS) is 9.74. The van der Waals surface area contributed by atoms with Crippen LogP contribution in [0.5, 0.6) is 11.5 Å². The number of ether oxygens (including phenoxy) is 2. The van der Waals surface area contributed by atoms with E-state index in [1.165, 1.54) is 0 Å². The first-order valence-corrected chi connectivity index (χ1v) is 6.33. The largest absolute Gasteiger partial charge is 0.497 e. The average molecular weight is 319 g/mol. The standard InChI is InChI=1S/C14H11BrN2O2/c1-18-12-4-2-10(3-5-12)9-19-14-6-11(7-16)17-8-13(14)15/h2-6,8H,9H2,1H3. The smallest absolute Gasteiger partial charge is 0.144 e. The Labute approximate surface area is 119 Å². The summed E-state index contributed by atoms with van der Waals surface area (Å²) in [5.41, 5.74) is 1.34. The molecule has 4 nitrogen and oxygen atoms in total. The van der Waals surface area contributed by atoms with Crippen LogP contribution < -0.4 is 9.47 Å². The van der Waals surface area contributed by atoms with Gasteiger partial charge in [0.25, 0.3) is 0 Å². The number of rotatable bonds is 4. The van der Waals surface area contributed by atoms with Crippen molar-refractivity contribution < 1.29 is 9.47 Å². The highest BCUT2D eigenvalue weighted by atomic mass is 79.9. The second-order valence-corrected chi connectivity index (χ2v) is 4.60. The minimum absolute atomic E-state index is 0.327. The lowest BCUT2D eigenvalue weighted by molar-refractivity contribution is 0.303. The molecule has 1 heterocycles. The molecule has 2 rings (SSSR count). The van der Waals surface area contributed by atoms with Crippen LogP contribution in [0.15, 0.2) is 41.0 Å². The number of hydrogen-bond donors (Lipinski definition) is 0. The summed E-state index contributed by atoms with van der Waals surface area (Å²) in [5, 5.41) is 8.80. The molecule has 19 heavy (non-hydrogen) atoms. The van der Waals surface area contributed by atoms with E-state index in [0.29, 0.717) is 18.1 Å². The zero-order chi connectivity index (χ0) is 13.7. The summed E-state index contributed by atoms with van der Waals surface area (Å²) in [6.07, 6.45) is 1.56. The monoisotopic (exact) mass is 318 g/mol. The van der Waals surface area contributed by atoms with E-state index in [4.69, 9.17) is 14.7 Å². The number of halogens is 1. The zero-order valence-corrected chi connectivity index (χ0v) is 11.8. The highest BCUT2D eigenvalue weighted by molar-refractivity contribution is 9.10. The average Bonchev–Trinajstić information content (AvgIpc) is 2.47. The Morgan fingerprint density at radius 2 is 2.05 bits per heavy atom. The van der Waals surface area contributed by atoms with Gasteiger partial charge in [0.15, 0.2) is 0 Å². The van der Waals surface area contributed by atoms with Gasteiger partial charge < -0.3 is 9.47 Å². The van der Waals surface area contributed by atoms with Gasteiger partial charge in [0.05, 0.1) is 11.6 Å². The van der Waals surface area contributed by atoms with Gasteiger partial charge in [0.1, 0.15) is 29.9 Å². The summed E-state index contributed by atoms with van der Waals surface area (Å²) < 4.78 is 11.5. The molecule has 96 valence electrons. The first-order valence-electron chi connectivity index (χ1n) is 5.54. The van der Waals surface area contributed by atoms with Gasteiger partial charge in [-0.2, -0.15) is 5.26 Å². The molecule has 1 aromatic carbocycles. The Hall–Kier alpha value is -2.06. The van der Waals surface area contributed by atoms with Crippen LogP contribution in [0.4, 0.5) is 0 Å². The maximum atomic E-state index is 8.80. The number of hydrogen-bond acceptors (Lipinski definition) is 4. The van der Waals surface area contributed by atoms with Crippen LogP contribution in [0, 0.1) is 11.3 Å². The van der Waals surface area contributed by atoms with Crippen LogP contribution in [-0.4, -0.2) is 12.1 Å². The Balaban J connectivity index is 2.07. The number of pyridine rings is 1. The summed E-state index contributed by atoms with van der Waals surface area (Å²) in [6.45, 7) is 0.414. The molecule has 0 fully saturated rings. The van der Waals surface area contributed by atoms with Gasteiger partial charge >= 0.3 is 0 Å². The van der Waals surface area contributed by atoms with Gasteiger partial charge in [-0.25, -0.2) is 4.98 Å². The van der Waals surface area contributed by atoms with Crippen LogP contribution in [-0.2, 0) is 6.61 Å². The summed E-state index contributed by atoms with van der Waals surface area (Å²) in [6, 6.07) is 11.2. The van der Waals surface area contributed by atoms with Crippen molar-refractivity contribution >= 4 is 15.9 Å². The number of benzene rings is 1. The molecular formula is C14H11BrN2O2. The number of methoxy groups -OCH3 is 1. The second-order valence-electron chi connectivity index (χ2n) is 3.75. The molecular weight excluding hydrogens is 308 g/mol. The summed E-state index contributed by atoms with van der Waals surface area (Å²) in [5.74, 6) is 1.41. The molecule has 0 atom stereocenters. The maximum absolute atomic E-state index is 8.80. The topological polar surface area (TPSA) is 55.1 Å². The van der Waals surface area contributed by atoms with Gasteiger partial charge in [-0.1, -0.05) is 12.1 Å². The van der Waals surface area contributed by atoms with Crippen molar-refractivity contribution in [1.29, 1.82) is 5.26 Å². The Kier molecular flexibility index (Phi) is 4.37. The molecule has 5 heteroatoms. The van der Waals surface area contributed by atoms with E-state index < -0.39 is 0 Å². The van der Waals surface area contributed by atoms with Crippen LogP contribution in [0.2, 0.25) is 0 Å². The van der Waals surface area contributed by atoms with Crippen LogP contribution in [0.1, 0.15) is 11.3 Å². The van der Waals surface area contributed by atoms with Crippen molar-refractivity contribution in [3.8, 4) is 17.6 Å². The van der Waals surface area contributed by atoms with E-state index in [1.54, 1.807) is 19.4 Å². The fourth-order valence-electron chi connectivity index (χ4n) is 1.47. The van der Waals surface area contributed by atoms with E-state index in [9.17, 15) is 0 Å². The predicted molar refractivity (Wildman–Crippen MR) is 74.0 cm³/mol. The van der Waals surface area contributed by atoms with E-state index in [0.717, 1.165) is 15.8 Å². The minimum Gasteiger partial charge on any atom is -0.497 e. The third kappa shape index (κ3) is 3.46. The van der Waals surface area contributed by atoms with E-state index in [-0.39, 0.29) is 0 Å². The quantitative estimate of drug-likeness (QED) is 0.867. The molecule has 0 aliphatic rings. The summed E-state index contributed by atoms with van der Waals surface area (Å²) in [4.78, 5) is 3.93. The van der Waals surface area contributed by atoms with Crippen LogP contribution in [0.25, 0.3) is 0 Å². The fourth-order valence-corrected chi connectivity index (χ4v) is 1.81. The molecule has 2 aromatic rings. The van der Waals surface area contributed by atoms with Gasteiger partial charge in [0.2, 0.25) is 0 Å². The van der Waals surface area contributed by atoms with E-state index >= 15 is 0 Å². The molecule has 0 unspecified atom stereocenters. The second kappa shape index (κ2) is 6.21. The molecule has 0 saturated heterocycles. The van der Waals surface area contributed by atoms with Crippen LogP contribution >= 0.6 is 15.9 Å². The summed E-state index contributed by atoms with van der Waals surface area (Å²) >= 11 is 3.34. The van der Waals surface area contributed by atoms with E-state index in [1.807, 2.05) is 30.3 Å². The van der Waals surface area contributed by atoms with E-state index in [2.05, 4.69) is 20.9 Å². The molecule has 0 amide bonds. The lowest BCUT2D eigenvalue weighted by Gasteiger charge is -2.08. The Bertz CT molecular complexity index is 606. The van der Waals surface area contributed by atoms with Crippen molar-refractivity contribution in [3.05, 3.63) is 52.3 Å². The molecule has 0 bridgehead atoms. The SMILES string of the molecule is COc1ccc(COc2cc(C#N)ncc2Br)cc1. The van der Waals surface area contributed by atoms with Crippen molar-refractivity contribution in [2.24, 2.45) is 0 Å². The first-order chi connectivity index (χ1) is 9.22. The molecule has 1 aromatic heterocycles.